The van der Waals surface area contributed by atoms with E-state index in [0.717, 1.165) is 18.4 Å². The first-order chi connectivity index (χ1) is 6.22. The van der Waals surface area contributed by atoms with E-state index in [1.54, 1.807) is 0 Å². The highest BCUT2D eigenvalue weighted by molar-refractivity contribution is 5.00. The highest BCUT2D eigenvalue weighted by atomic mass is 15.2. The summed E-state index contributed by atoms with van der Waals surface area (Å²) in [6.07, 6.45) is 2.72. The molecule has 0 aromatic carbocycles. The van der Waals surface area contributed by atoms with E-state index in [2.05, 4.69) is 17.9 Å². The molecule has 2 rings (SSSR count). The van der Waals surface area contributed by atoms with E-state index in [0.29, 0.717) is 0 Å². The Balaban J connectivity index is 1.89. The summed E-state index contributed by atoms with van der Waals surface area (Å²) >= 11 is 0. The van der Waals surface area contributed by atoms with E-state index >= 15 is 0 Å². The quantitative estimate of drug-likeness (QED) is 0.674. The standard InChI is InChI=1S/C10H17N3/c1-7(10(12)5-11)13-3-2-8-4-9(8)6-13/h7-10H,2-4,6,12H2,1H3. The van der Waals surface area contributed by atoms with Gasteiger partial charge in [-0.05, 0) is 38.1 Å². The molecule has 3 nitrogen and oxygen atoms in total. The van der Waals surface area contributed by atoms with Crippen LogP contribution >= 0.6 is 0 Å². The first-order valence-electron chi connectivity index (χ1n) is 5.11. The van der Waals surface area contributed by atoms with Crippen molar-refractivity contribution >= 4 is 0 Å². The lowest BCUT2D eigenvalue weighted by molar-refractivity contribution is 0.158. The Morgan fingerprint density at radius 1 is 1.54 bits per heavy atom. The normalized spacial score (nSPS) is 37.3. The first kappa shape index (κ1) is 8.98. The van der Waals surface area contributed by atoms with E-state index in [9.17, 15) is 0 Å². The smallest absolute Gasteiger partial charge is 0.108 e. The third kappa shape index (κ3) is 1.70. The number of hydrogen-bond donors (Lipinski definition) is 1. The number of piperidine rings is 1. The summed E-state index contributed by atoms with van der Waals surface area (Å²) in [5, 5.41) is 8.71. The van der Waals surface area contributed by atoms with E-state index in [-0.39, 0.29) is 12.1 Å². The summed E-state index contributed by atoms with van der Waals surface area (Å²) in [7, 11) is 0. The van der Waals surface area contributed by atoms with Crippen LogP contribution in [0.2, 0.25) is 0 Å². The van der Waals surface area contributed by atoms with Gasteiger partial charge in [-0.25, -0.2) is 0 Å². The second kappa shape index (κ2) is 3.28. The minimum absolute atomic E-state index is 0.228. The number of likely N-dealkylation sites (tertiary alicyclic amines) is 1. The maximum Gasteiger partial charge on any atom is 0.108 e. The number of fused-ring (bicyclic) bond motifs is 1. The zero-order valence-corrected chi connectivity index (χ0v) is 8.11. The molecule has 2 fully saturated rings. The van der Waals surface area contributed by atoms with Gasteiger partial charge in [0.1, 0.15) is 6.04 Å². The Kier molecular flexibility index (Phi) is 2.27. The van der Waals surface area contributed by atoms with Gasteiger partial charge in [-0.15, -0.1) is 0 Å². The maximum atomic E-state index is 8.71. The molecule has 1 aliphatic heterocycles. The second-order valence-corrected chi connectivity index (χ2v) is 4.43. The van der Waals surface area contributed by atoms with Crippen molar-refractivity contribution in [2.45, 2.75) is 31.8 Å². The molecule has 1 heterocycles. The fraction of sp³-hybridized carbons (Fsp3) is 0.900. The van der Waals surface area contributed by atoms with Crippen LogP contribution in [0.5, 0.6) is 0 Å². The molecule has 0 radical (unpaired) electrons. The summed E-state index contributed by atoms with van der Waals surface area (Å²) in [5.41, 5.74) is 5.70. The zero-order chi connectivity index (χ0) is 9.42. The van der Waals surface area contributed by atoms with Crippen LogP contribution in [0.25, 0.3) is 0 Å². The lowest BCUT2D eigenvalue weighted by atomic mass is 10.1. The summed E-state index contributed by atoms with van der Waals surface area (Å²) in [5.74, 6) is 1.92. The monoisotopic (exact) mass is 179 g/mol. The predicted octanol–water partition coefficient (Wildman–Crippen LogP) is 0.568. The molecule has 0 spiro atoms. The molecule has 0 amide bonds. The highest BCUT2D eigenvalue weighted by Gasteiger charge is 2.42. The molecule has 1 saturated heterocycles. The second-order valence-electron chi connectivity index (χ2n) is 4.43. The van der Waals surface area contributed by atoms with Crippen molar-refractivity contribution in [2.75, 3.05) is 13.1 Å². The van der Waals surface area contributed by atoms with Gasteiger partial charge in [-0.1, -0.05) is 0 Å². The van der Waals surface area contributed by atoms with Crippen LogP contribution in [0.15, 0.2) is 0 Å². The Morgan fingerprint density at radius 2 is 2.31 bits per heavy atom. The number of rotatable bonds is 2. The third-order valence-corrected chi connectivity index (χ3v) is 3.57. The maximum absolute atomic E-state index is 8.71. The Hall–Kier alpha value is -0.590. The Bertz CT molecular complexity index is 233. The summed E-state index contributed by atoms with van der Waals surface area (Å²) in [6, 6.07) is 2.03. The number of nitriles is 1. The predicted molar refractivity (Wildman–Crippen MR) is 50.8 cm³/mol. The summed E-state index contributed by atoms with van der Waals surface area (Å²) < 4.78 is 0. The SMILES string of the molecule is CC(C(N)C#N)N1CCC2CC2C1. The first-order valence-corrected chi connectivity index (χ1v) is 5.11. The molecule has 1 aliphatic carbocycles. The molecule has 0 aromatic heterocycles. The number of nitrogens with two attached hydrogens (primary N) is 1. The number of hydrogen-bond acceptors (Lipinski definition) is 3. The molecule has 1 saturated carbocycles. The fourth-order valence-corrected chi connectivity index (χ4v) is 2.32. The van der Waals surface area contributed by atoms with Crippen molar-refractivity contribution in [1.29, 1.82) is 5.26 Å². The van der Waals surface area contributed by atoms with Gasteiger partial charge in [0.2, 0.25) is 0 Å². The third-order valence-electron chi connectivity index (χ3n) is 3.57. The van der Waals surface area contributed by atoms with Crippen LogP contribution in [0.3, 0.4) is 0 Å². The van der Waals surface area contributed by atoms with Crippen LogP contribution in [-0.2, 0) is 0 Å². The van der Waals surface area contributed by atoms with Crippen molar-refractivity contribution in [3.8, 4) is 6.07 Å². The lowest BCUT2D eigenvalue weighted by Gasteiger charge is -2.33. The molecular weight excluding hydrogens is 162 g/mol. The molecule has 0 bridgehead atoms. The van der Waals surface area contributed by atoms with E-state index < -0.39 is 0 Å². The van der Waals surface area contributed by atoms with Crippen LogP contribution in [0.4, 0.5) is 0 Å². The average Bonchev–Trinajstić information content (AvgIpc) is 2.92. The molecule has 2 N–H and O–H groups in total. The molecule has 13 heavy (non-hydrogen) atoms. The van der Waals surface area contributed by atoms with Crippen LogP contribution in [-0.4, -0.2) is 30.1 Å². The molecule has 2 aliphatic rings. The van der Waals surface area contributed by atoms with Gasteiger partial charge in [-0.2, -0.15) is 5.26 Å². The van der Waals surface area contributed by atoms with Crippen LogP contribution in [0.1, 0.15) is 19.8 Å². The number of nitrogens with zero attached hydrogens (tertiary/aromatic N) is 2. The lowest BCUT2D eigenvalue weighted by Crippen LogP contribution is -2.47. The summed E-state index contributed by atoms with van der Waals surface area (Å²) in [6.45, 7) is 4.37. The largest absolute Gasteiger partial charge is 0.315 e. The molecular formula is C10H17N3. The van der Waals surface area contributed by atoms with Gasteiger partial charge >= 0.3 is 0 Å². The van der Waals surface area contributed by atoms with Crippen molar-refractivity contribution in [3.63, 3.8) is 0 Å². The Morgan fingerprint density at radius 3 is 2.92 bits per heavy atom. The minimum Gasteiger partial charge on any atom is -0.315 e. The van der Waals surface area contributed by atoms with Gasteiger partial charge < -0.3 is 5.73 Å². The highest BCUT2D eigenvalue weighted by Crippen LogP contribution is 2.45. The van der Waals surface area contributed by atoms with Gasteiger partial charge in [0.25, 0.3) is 0 Å². The fourth-order valence-electron chi connectivity index (χ4n) is 2.32. The molecule has 4 atom stereocenters. The molecule has 4 unspecified atom stereocenters. The van der Waals surface area contributed by atoms with Crippen molar-refractivity contribution < 1.29 is 0 Å². The minimum atomic E-state index is -0.324. The molecule has 72 valence electrons. The van der Waals surface area contributed by atoms with Gasteiger partial charge in [0, 0.05) is 12.6 Å². The molecule has 0 aromatic rings. The Labute approximate surface area is 79.5 Å². The van der Waals surface area contributed by atoms with Crippen molar-refractivity contribution in [3.05, 3.63) is 0 Å². The summed E-state index contributed by atoms with van der Waals surface area (Å²) in [4.78, 5) is 2.38. The van der Waals surface area contributed by atoms with Crippen molar-refractivity contribution in [1.82, 2.24) is 4.90 Å². The van der Waals surface area contributed by atoms with Gasteiger partial charge in [-0.3, -0.25) is 4.90 Å². The average molecular weight is 179 g/mol. The topological polar surface area (TPSA) is 53.1 Å². The molecule has 3 heteroatoms. The van der Waals surface area contributed by atoms with E-state index in [4.69, 9.17) is 11.0 Å². The van der Waals surface area contributed by atoms with Gasteiger partial charge in [0.15, 0.2) is 0 Å². The van der Waals surface area contributed by atoms with Crippen LogP contribution in [0, 0.1) is 23.2 Å². The van der Waals surface area contributed by atoms with Crippen LogP contribution < -0.4 is 5.73 Å². The zero-order valence-electron chi connectivity index (χ0n) is 8.11. The van der Waals surface area contributed by atoms with Crippen molar-refractivity contribution in [2.24, 2.45) is 17.6 Å². The van der Waals surface area contributed by atoms with E-state index in [1.807, 2.05) is 0 Å². The van der Waals surface area contributed by atoms with E-state index in [1.165, 1.54) is 19.4 Å². The van der Waals surface area contributed by atoms with Gasteiger partial charge in [0.05, 0.1) is 6.07 Å².